The highest BCUT2D eigenvalue weighted by Gasteiger charge is 2.15. The lowest BCUT2D eigenvalue weighted by atomic mass is 10.2. The Hall–Kier alpha value is -2.11. The van der Waals surface area contributed by atoms with E-state index in [1.807, 2.05) is 0 Å². The fourth-order valence-corrected chi connectivity index (χ4v) is 1.27. The van der Waals surface area contributed by atoms with E-state index in [2.05, 4.69) is 10.1 Å². The predicted octanol–water partition coefficient (Wildman–Crippen LogP) is 1.09. The number of halogens is 1. The number of anilines is 1. The van der Waals surface area contributed by atoms with E-state index in [9.17, 15) is 14.0 Å². The molecule has 1 rings (SSSR count). The molecule has 0 aliphatic rings. The summed E-state index contributed by atoms with van der Waals surface area (Å²) in [5.41, 5.74) is 5.31. The molecule has 6 heteroatoms. The van der Waals surface area contributed by atoms with Crippen LogP contribution in [-0.2, 0) is 9.53 Å². The summed E-state index contributed by atoms with van der Waals surface area (Å²) < 4.78 is 18.0. The number of hydrogen-bond acceptors (Lipinski definition) is 4. The minimum absolute atomic E-state index is 0.0514. The molecule has 0 atom stereocenters. The van der Waals surface area contributed by atoms with Crippen LogP contribution < -0.4 is 11.1 Å². The molecule has 0 radical (unpaired) electrons. The number of esters is 1. The van der Waals surface area contributed by atoms with Crippen molar-refractivity contribution < 1.29 is 18.7 Å². The highest BCUT2D eigenvalue weighted by atomic mass is 19.1. The highest BCUT2D eigenvalue weighted by Crippen LogP contribution is 2.12. The number of ether oxygens (including phenoxy) is 1. The summed E-state index contributed by atoms with van der Waals surface area (Å²) in [5.74, 6) is -2.11. The summed E-state index contributed by atoms with van der Waals surface area (Å²) in [6.45, 7) is 3.11. The molecule has 0 saturated carbocycles. The van der Waals surface area contributed by atoms with Gasteiger partial charge in [0.1, 0.15) is 5.82 Å². The molecule has 1 amide bonds. The second-order valence-corrected chi connectivity index (χ2v) is 4.04. The largest absolute Gasteiger partial charge is 0.452 e. The summed E-state index contributed by atoms with van der Waals surface area (Å²) in [6.07, 6.45) is 0. The summed E-state index contributed by atoms with van der Waals surface area (Å²) in [7, 11) is 0. The van der Waals surface area contributed by atoms with Crippen molar-refractivity contribution in [3.05, 3.63) is 29.6 Å². The lowest BCUT2D eigenvalue weighted by molar-refractivity contribution is -0.124. The van der Waals surface area contributed by atoms with E-state index < -0.39 is 24.3 Å². The first-order valence-electron chi connectivity index (χ1n) is 5.41. The maximum atomic E-state index is 13.4. The minimum Gasteiger partial charge on any atom is -0.452 e. The van der Waals surface area contributed by atoms with Gasteiger partial charge in [-0.05, 0) is 32.0 Å². The normalized spacial score (nSPS) is 10.2. The number of nitrogen functional groups attached to an aromatic ring is 1. The molecule has 5 nitrogen and oxygen atoms in total. The molecule has 0 bridgehead atoms. The molecule has 0 saturated heterocycles. The van der Waals surface area contributed by atoms with Crippen molar-refractivity contribution in [3.8, 4) is 0 Å². The topological polar surface area (TPSA) is 81.4 Å². The molecule has 0 heterocycles. The van der Waals surface area contributed by atoms with Gasteiger partial charge in [0.05, 0.1) is 5.56 Å². The van der Waals surface area contributed by atoms with Gasteiger partial charge in [-0.1, -0.05) is 0 Å². The van der Waals surface area contributed by atoms with Crippen LogP contribution in [0.5, 0.6) is 0 Å². The van der Waals surface area contributed by atoms with Crippen LogP contribution in [0.4, 0.5) is 10.1 Å². The Balaban J connectivity index is 2.58. The van der Waals surface area contributed by atoms with Crippen LogP contribution in [-0.4, -0.2) is 24.5 Å². The van der Waals surface area contributed by atoms with Crippen molar-refractivity contribution in [3.63, 3.8) is 0 Å². The fourth-order valence-electron chi connectivity index (χ4n) is 1.27. The van der Waals surface area contributed by atoms with Gasteiger partial charge in [-0.15, -0.1) is 0 Å². The zero-order valence-electron chi connectivity index (χ0n) is 10.2. The molecule has 0 fully saturated rings. The van der Waals surface area contributed by atoms with E-state index >= 15 is 0 Å². The predicted molar refractivity (Wildman–Crippen MR) is 64.4 cm³/mol. The number of nitrogens with one attached hydrogen (secondary N) is 1. The van der Waals surface area contributed by atoms with Crippen molar-refractivity contribution in [1.82, 2.24) is 5.32 Å². The van der Waals surface area contributed by atoms with Gasteiger partial charge in [-0.25, -0.2) is 9.18 Å². The van der Waals surface area contributed by atoms with Crippen LogP contribution in [0.1, 0.15) is 24.2 Å². The molecule has 1 aromatic carbocycles. The van der Waals surface area contributed by atoms with Gasteiger partial charge in [-0.3, -0.25) is 4.79 Å². The first-order chi connectivity index (χ1) is 8.40. The van der Waals surface area contributed by atoms with E-state index in [4.69, 9.17) is 5.73 Å². The average Bonchev–Trinajstić information content (AvgIpc) is 2.25. The molecule has 1 aromatic rings. The van der Waals surface area contributed by atoms with Crippen molar-refractivity contribution >= 4 is 17.6 Å². The van der Waals surface area contributed by atoms with Gasteiger partial charge < -0.3 is 15.8 Å². The number of rotatable bonds is 4. The third-order valence-corrected chi connectivity index (χ3v) is 2.00. The summed E-state index contributed by atoms with van der Waals surface area (Å²) in [6, 6.07) is 3.57. The maximum absolute atomic E-state index is 13.4. The number of amides is 1. The van der Waals surface area contributed by atoms with Gasteiger partial charge >= 0.3 is 5.97 Å². The molecule has 0 spiro atoms. The summed E-state index contributed by atoms with van der Waals surface area (Å²) >= 11 is 0. The van der Waals surface area contributed by atoms with E-state index in [1.165, 1.54) is 12.1 Å². The van der Waals surface area contributed by atoms with Crippen LogP contribution >= 0.6 is 0 Å². The van der Waals surface area contributed by atoms with Crippen LogP contribution in [0, 0.1) is 5.82 Å². The number of nitrogens with two attached hydrogens (primary N) is 1. The summed E-state index contributed by atoms with van der Waals surface area (Å²) in [4.78, 5) is 22.7. The minimum atomic E-state index is -0.897. The van der Waals surface area contributed by atoms with Gasteiger partial charge in [0, 0.05) is 11.7 Å². The quantitative estimate of drug-likeness (QED) is 0.622. The SMILES string of the molecule is CC(C)NC(=O)COC(=O)c1ccc(N)cc1F. The van der Waals surface area contributed by atoms with Gasteiger partial charge in [0.15, 0.2) is 6.61 Å². The maximum Gasteiger partial charge on any atom is 0.341 e. The van der Waals surface area contributed by atoms with E-state index in [0.29, 0.717) is 0 Å². The number of carbonyl (C=O) groups excluding carboxylic acids is 2. The Labute approximate surface area is 104 Å². The van der Waals surface area contributed by atoms with Crippen LogP contribution in [0.25, 0.3) is 0 Å². The number of carbonyl (C=O) groups is 2. The number of benzene rings is 1. The molecule has 98 valence electrons. The van der Waals surface area contributed by atoms with Gasteiger partial charge in [-0.2, -0.15) is 0 Å². The third kappa shape index (κ3) is 4.04. The van der Waals surface area contributed by atoms with E-state index in [-0.39, 0.29) is 17.3 Å². The second-order valence-electron chi connectivity index (χ2n) is 4.04. The Morgan fingerprint density at radius 3 is 2.67 bits per heavy atom. The lowest BCUT2D eigenvalue weighted by Gasteiger charge is -2.09. The Morgan fingerprint density at radius 2 is 2.11 bits per heavy atom. The average molecular weight is 254 g/mol. The fraction of sp³-hybridized carbons (Fsp3) is 0.333. The number of hydrogen-bond donors (Lipinski definition) is 2. The molecule has 18 heavy (non-hydrogen) atoms. The molecular formula is C12H15FN2O3. The first-order valence-corrected chi connectivity index (χ1v) is 5.41. The third-order valence-electron chi connectivity index (χ3n) is 2.00. The van der Waals surface area contributed by atoms with Gasteiger partial charge in [0.2, 0.25) is 0 Å². The highest BCUT2D eigenvalue weighted by molar-refractivity contribution is 5.91. The molecule has 0 aromatic heterocycles. The van der Waals surface area contributed by atoms with Crippen LogP contribution in [0.2, 0.25) is 0 Å². The monoisotopic (exact) mass is 254 g/mol. The Bertz CT molecular complexity index is 461. The smallest absolute Gasteiger partial charge is 0.341 e. The molecule has 0 aliphatic heterocycles. The molecule has 0 unspecified atom stereocenters. The van der Waals surface area contributed by atoms with Gasteiger partial charge in [0.25, 0.3) is 5.91 Å². The molecule has 0 aliphatic carbocycles. The van der Waals surface area contributed by atoms with Crippen molar-refractivity contribution in [2.24, 2.45) is 0 Å². The standard InChI is InChI=1S/C12H15FN2O3/c1-7(2)15-11(16)6-18-12(17)9-4-3-8(14)5-10(9)13/h3-5,7H,6,14H2,1-2H3,(H,15,16). The van der Waals surface area contributed by atoms with Crippen molar-refractivity contribution in [1.29, 1.82) is 0 Å². The first kappa shape index (κ1) is 14.0. The molecule has 3 N–H and O–H groups in total. The van der Waals surface area contributed by atoms with Crippen LogP contribution in [0.15, 0.2) is 18.2 Å². The zero-order chi connectivity index (χ0) is 13.7. The van der Waals surface area contributed by atoms with Crippen molar-refractivity contribution in [2.45, 2.75) is 19.9 Å². The van der Waals surface area contributed by atoms with Crippen molar-refractivity contribution in [2.75, 3.05) is 12.3 Å². The zero-order valence-corrected chi connectivity index (χ0v) is 10.2. The molecular weight excluding hydrogens is 239 g/mol. The van der Waals surface area contributed by atoms with Crippen LogP contribution in [0.3, 0.4) is 0 Å². The van der Waals surface area contributed by atoms with E-state index in [1.54, 1.807) is 13.8 Å². The van der Waals surface area contributed by atoms with E-state index in [0.717, 1.165) is 6.07 Å². The Kier molecular flexibility index (Phi) is 4.65. The summed E-state index contributed by atoms with van der Waals surface area (Å²) in [5, 5.41) is 2.54. The Morgan fingerprint density at radius 1 is 1.44 bits per heavy atom. The second kappa shape index (κ2) is 6.00. The lowest BCUT2D eigenvalue weighted by Crippen LogP contribution is -2.34.